The Bertz CT molecular complexity index is 744. The van der Waals surface area contributed by atoms with Crippen molar-refractivity contribution in [1.29, 1.82) is 0 Å². The third-order valence-corrected chi connectivity index (χ3v) is 3.33. The van der Waals surface area contributed by atoms with E-state index >= 15 is 0 Å². The van der Waals surface area contributed by atoms with Crippen molar-refractivity contribution >= 4 is 5.69 Å². The van der Waals surface area contributed by atoms with Gasteiger partial charge in [-0.05, 0) is 18.6 Å². The quantitative estimate of drug-likeness (QED) is 0.724. The van der Waals surface area contributed by atoms with Gasteiger partial charge in [-0.1, -0.05) is 42.5 Å². The van der Waals surface area contributed by atoms with E-state index in [2.05, 4.69) is 10.1 Å². The SMILES string of the molecule is Cc1ccc(-c2nc(-c3ccccc3)nn2C)cc1N. The van der Waals surface area contributed by atoms with Crippen LogP contribution in [0, 0.1) is 6.92 Å². The Kier molecular flexibility index (Phi) is 2.99. The molecule has 1 heterocycles. The number of aryl methyl sites for hydroxylation is 2. The lowest BCUT2D eigenvalue weighted by atomic mass is 10.1. The predicted octanol–water partition coefficient (Wildman–Crippen LogP) is 3.04. The van der Waals surface area contributed by atoms with Gasteiger partial charge in [-0.15, -0.1) is 0 Å². The molecule has 100 valence electrons. The van der Waals surface area contributed by atoms with E-state index in [0.717, 1.165) is 34.0 Å². The molecule has 0 spiro atoms. The van der Waals surface area contributed by atoms with Crippen LogP contribution in [-0.2, 0) is 7.05 Å². The topological polar surface area (TPSA) is 56.7 Å². The molecular weight excluding hydrogens is 248 g/mol. The number of nitrogens with two attached hydrogens (primary N) is 1. The van der Waals surface area contributed by atoms with E-state index in [1.54, 1.807) is 4.68 Å². The van der Waals surface area contributed by atoms with E-state index < -0.39 is 0 Å². The van der Waals surface area contributed by atoms with E-state index in [-0.39, 0.29) is 0 Å². The Morgan fingerprint density at radius 2 is 1.75 bits per heavy atom. The smallest absolute Gasteiger partial charge is 0.181 e. The Morgan fingerprint density at radius 1 is 1.00 bits per heavy atom. The molecule has 0 aliphatic heterocycles. The second kappa shape index (κ2) is 4.81. The van der Waals surface area contributed by atoms with Gasteiger partial charge in [0.15, 0.2) is 11.6 Å². The summed E-state index contributed by atoms with van der Waals surface area (Å²) in [6.45, 7) is 1.99. The normalized spacial score (nSPS) is 10.7. The van der Waals surface area contributed by atoms with Crippen molar-refractivity contribution in [2.45, 2.75) is 6.92 Å². The molecule has 0 atom stereocenters. The molecule has 1 aromatic heterocycles. The van der Waals surface area contributed by atoms with Crippen LogP contribution in [0.4, 0.5) is 5.69 Å². The van der Waals surface area contributed by atoms with Gasteiger partial charge in [0.2, 0.25) is 0 Å². The van der Waals surface area contributed by atoms with Crippen LogP contribution in [0.5, 0.6) is 0 Å². The summed E-state index contributed by atoms with van der Waals surface area (Å²) in [7, 11) is 1.89. The van der Waals surface area contributed by atoms with E-state index in [1.807, 2.05) is 62.5 Å². The molecule has 0 radical (unpaired) electrons. The Labute approximate surface area is 117 Å². The molecule has 0 saturated carbocycles. The van der Waals surface area contributed by atoms with Crippen LogP contribution in [0.3, 0.4) is 0 Å². The first-order valence-corrected chi connectivity index (χ1v) is 6.48. The second-order valence-corrected chi connectivity index (χ2v) is 4.82. The van der Waals surface area contributed by atoms with Gasteiger partial charge in [-0.2, -0.15) is 5.10 Å². The monoisotopic (exact) mass is 264 g/mol. The summed E-state index contributed by atoms with van der Waals surface area (Å²) < 4.78 is 1.78. The standard InChI is InChI=1S/C16H16N4/c1-11-8-9-13(10-14(11)17)16-18-15(19-20(16)2)12-6-4-3-5-7-12/h3-10H,17H2,1-2H3. The number of nitrogen functional groups attached to an aromatic ring is 1. The molecule has 2 aromatic carbocycles. The maximum Gasteiger partial charge on any atom is 0.181 e. The fourth-order valence-electron chi connectivity index (χ4n) is 2.12. The highest BCUT2D eigenvalue weighted by Gasteiger charge is 2.11. The van der Waals surface area contributed by atoms with Crippen LogP contribution >= 0.6 is 0 Å². The van der Waals surface area contributed by atoms with E-state index in [0.29, 0.717) is 0 Å². The number of rotatable bonds is 2. The lowest BCUT2D eigenvalue weighted by Crippen LogP contribution is -1.96. The summed E-state index contributed by atoms with van der Waals surface area (Å²) in [6, 6.07) is 15.9. The number of aromatic nitrogens is 3. The van der Waals surface area contributed by atoms with Gasteiger partial charge in [0, 0.05) is 23.9 Å². The summed E-state index contributed by atoms with van der Waals surface area (Å²) in [5.41, 5.74) is 9.79. The highest BCUT2D eigenvalue weighted by Crippen LogP contribution is 2.24. The molecule has 2 N–H and O–H groups in total. The van der Waals surface area contributed by atoms with Crippen molar-refractivity contribution in [2.75, 3.05) is 5.73 Å². The van der Waals surface area contributed by atoms with Crippen LogP contribution in [0.1, 0.15) is 5.56 Å². The molecule has 0 aliphatic rings. The lowest BCUT2D eigenvalue weighted by Gasteiger charge is -2.03. The summed E-state index contributed by atoms with van der Waals surface area (Å²) in [5.74, 6) is 1.54. The van der Waals surface area contributed by atoms with Crippen molar-refractivity contribution in [1.82, 2.24) is 14.8 Å². The van der Waals surface area contributed by atoms with E-state index in [4.69, 9.17) is 5.73 Å². The minimum atomic E-state index is 0.724. The van der Waals surface area contributed by atoms with Gasteiger partial charge in [0.1, 0.15) is 0 Å². The Balaban J connectivity index is 2.07. The van der Waals surface area contributed by atoms with Crippen LogP contribution in [0.2, 0.25) is 0 Å². The predicted molar refractivity (Wildman–Crippen MR) is 81.0 cm³/mol. The molecule has 0 amide bonds. The number of hydrogen-bond acceptors (Lipinski definition) is 3. The zero-order chi connectivity index (χ0) is 14.1. The number of hydrogen-bond donors (Lipinski definition) is 1. The van der Waals surface area contributed by atoms with Crippen molar-refractivity contribution in [3.05, 3.63) is 54.1 Å². The molecule has 20 heavy (non-hydrogen) atoms. The first kappa shape index (κ1) is 12.4. The zero-order valence-corrected chi connectivity index (χ0v) is 11.5. The fraction of sp³-hybridized carbons (Fsp3) is 0.125. The first-order valence-electron chi connectivity index (χ1n) is 6.48. The maximum absolute atomic E-state index is 5.97. The van der Waals surface area contributed by atoms with Gasteiger partial charge in [-0.3, -0.25) is 0 Å². The summed E-state index contributed by atoms with van der Waals surface area (Å²) in [4.78, 5) is 4.62. The molecule has 0 unspecified atom stereocenters. The highest BCUT2D eigenvalue weighted by molar-refractivity contribution is 5.66. The third-order valence-electron chi connectivity index (χ3n) is 3.33. The van der Waals surface area contributed by atoms with Crippen LogP contribution in [0.25, 0.3) is 22.8 Å². The summed E-state index contributed by atoms with van der Waals surface area (Å²) >= 11 is 0. The van der Waals surface area contributed by atoms with Crippen LogP contribution < -0.4 is 5.73 Å². The largest absolute Gasteiger partial charge is 0.398 e. The van der Waals surface area contributed by atoms with Gasteiger partial charge >= 0.3 is 0 Å². The van der Waals surface area contributed by atoms with Gasteiger partial charge in [0.05, 0.1) is 0 Å². The molecule has 0 bridgehead atoms. The van der Waals surface area contributed by atoms with Crippen molar-refractivity contribution in [2.24, 2.45) is 7.05 Å². The molecule has 0 fully saturated rings. The maximum atomic E-state index is 5.97. The van der Waals surface area contributed by atoms with Crippen molar-refractivity contribution < 1.29 is 0 Å². The van der Waals surface area contributed by atoms with Crippen molar-refractivity contribution in [3.63, 3.8) is 0 Å². The lowest BCUT2D eigenvalue weighted by molar-refractivity contribution is 0.777. The molecule has 0 saturated heterocycles. The average Bonchev–Trinajstić information content (AvgIpc) is 2.85. The fourth-order valence-corrected chi connectivity index (χ4v) is 2.12. The Hall–Kier alpha value is -2.62. The number of nitrogens with zero attached hydrogens (tertiary/aromatic N) is 3. The van der Waals surface area contributed by atoms with Crippen LogP contribution in [0.15, 0.2) is 48.5 Å². The van der Waals surface area contributed by atoms with Gasteiger partial charge < -0.3 is 5.73 Å². The minimum Gasteiger partial charge on any atom is -0.398 e. The minimum absolute atomic E-state index is 0.724. The number of benzene rings is 2. The van der Waals surface area contributed by atoms with E-state index in [1.165, 1.54) is 0 Å². The average molecular weight is 264 g/mol. The molecule has 3 rings (SSSR count). The molecule has 4 heteroatoms. The molecular formula is C16H16N4. The van der Waals surface area contributed by atoms with Gasteiger partial charge in [-0.25, -0.2) is 9.67 Å². The molecule has 0 aliphatic carbocycles. The molecule has 3 aromatic rings. The molecule has 4 nitrogen and oxygen atoms in total. The van der Waals surface area contributed by atoms with E-state index in [9.17, 15) is 0 Å². The number of anilines is 1. The van der Waals surface area contributed by atoms with Gasteiger partial charge in [0.25, 0.3) is 0 Å². The van der Waals surface area contributed by atoms with Crippen LogP contribution in [-0.4, -0.2) is 14.8 Å². The summed E-state index contributed by atoms with van der Waals surface area (Å²) in [6.07, 6.45) is 0. The zero-order valence-electron chi connectivity index (χ0n) is 11.5. The third kappa shape index (κ3) is 2.16. The Morgan fingerprint density at radius 3 is 2.45 bits per heavy atom. The second-order valence-electron chi connectivity index (χ2n) is 4.82. The summed E-state index contributed by atoms with van der Waals surface area (Å²) in [5, 5.41) is 4.47. The highest BCUT2D eigenvalue weighted by atomic mass is 15.3. The first-order chi connectivity index (χ1) is 9.65. The van der Waals surface area contributed by atoms with Crippen molar-refractivity contribution in [3.8, 4) is 22.8 Å².